The van der Waals surface area contributed by atoms with Crippen LogP contribution in [0, 0.1) is 10.5 Å². The molecule has 2 nitrogen and oxygen atoms in total. The van der Waals surface area contributed by atoms with Gasteiger partial charge in [0.2, 0.25) is 0 Å². The van der Waals surface area contributed by atoms with Crippen molar-refractivity contribution in [1.29, 1.82) is 0 Å². The summed E-state index contributed by atoms with van der Waals surface area (Å²) in [6.45, 7) is 2.06. The second kappa shape index (κ2) is 2.10. The number of nitrogens with zero attached hydrogens (tertiary/aromatic N) is 2. The number of rotatable bonds is 1. The second-order valence-electron chi connectivity index (χ2n) is 4.40. The number of aromatic nitrogens is 2. The summed E-state index contributed by atoms with van der Waals surface area (Å²) in [5, 5.41) is 4.32. The van der Waals surface area contributed by atoms with Crippen molar-refractivity contribution >= 4 is 22.6 Å². The molecule has 0 unspecified atom stereocenters. The Morgan fingerprint density at radius 3 is 2.54 bits per heavy atom. The molecule has 3 saturated carbocycles. The van der Waals surface area contributed by atoms with Crippen LogP contribution in [0.1, 0.15) is 25.0 Å². The topological polar surface area (TPSA) is 17.8 Å². The zero-order valence-corrected chi connectivity index (χ0v) is 9.51. The summed E-state index contributed by atoms with van der Waals surface area (Å²) in [5.74, 6) is 0. The second-order valence-corrected chi connectivity index (χ2v) is 5.56. The Kier molecular flexibility index (Phi) is 1.32. The molecule has 2 bridgehead atoms. The fourth-order valence-electron chi connectivity index (χ4n) is 2.71. The molecule has 3 fully saturated rings. The van der Waals surface area contributed by atoms with Crippen LogP contribution in [0.3, 0.4) is 0 Å². The summed E-state index contributed by atoms with van der Waals surface area (Å²) >= 11 is 2.27. The first-order valence-electron chi connectivity index (χ1n) is 4.44. The molecule has 1 aromatic heterocycles. The van der Waals surface area contributed by atoms with Gasteiger partial charge in [0.05, 0.1) is 15.3 Å². The molecule has 3 aliphatic rings. The largest absolute Gasteiger partial charge is 0.262 e. The van der Waals surface area contributed by atoms with E-state index in [4.69, 9.17) is 0 Å². The van der Waals surface area contributed by atoms with Gasteiger partial charge < -0.3 is 0 Å². The van der Waals surface area contributed by atoms with Crippen molar-refractivity contribution in [2.24, 2.45) is 0 Å². The lowest BCUT2D eigenvalue weighted by Gasteiger charge is -2.65. The first kappa shape index (κ1) is 8.20. The van der Waals surface area contributed by atoms with E-state index in [9.17, 15) is 4.39 Å². The molecule has 0 aromatic carbocycles. The van der Waals surface area contributed by atoms with Crippen LogP contribution in [0.4, 0.5) is 4.39 Å². The Bertz CT molecular complexity index is 365. The Labute approximate surface area is 89.6 Å². The third-order valence-electron chi connectivity index (χ3n) is 3.34. The van der Waals surface area contributed by atoms with E-state index in [2.05, 4.69) is 34.6 Å². The Hall–Kier alpha value is -0.130. The molecular formula is C9H10FIN2. The summed E-state index contributed by atoms with van der Waals surface area (Å²) in [6, 6.07) is 0. The van der Waals surface area contributed by atoms with E-state index in [-0.39, 0.29) is 5.54 Å². The predicted molar refractivity (Wildman–Crippen MR) is 55.3 cm³/mol. The number of alkyl halides is 1. The maximum Gasteiger partial charge on any atom is 0.118 e. The lowest BCUT2D eigenvalue weighted by Crippen LogP contribution is -2.70. The average molecular weight is 292 g/mol. The zero-order valence-electron chi connectivity index (χ0n) is 7.35. The van der Waals surface area contributed by atoms with Crippen LogP contribution >= 0.6 is 22.6 Å². The highest BCUT2D eigenvalue weighted by Gasteiger charge is 2.71. The molecule has 4 heteroatoms. The van der Waals surface area contributed by atoms with Crippen LogP contribution in [-0.2, 0) is 5.54 Å². The van der Waals surface area contributed by atoms with E-state index in [1.165, 1.54) is 9.26 Å². The molecule has 0 radical (unpaired) electrons. The SMILES string of the molecule is Cc1c(I)cnn1C12CC(F)(C1)C2. The molecule has 0 saturated heterocycles. The maximum atomic E-state index is 13.3. The van der Waals surface area contributed by atoms with Gasteiger partial charge in [-0.3, -0.25) is 4.68 Å². The zero-order chi connectivity index (χ0) is 9.27. The normalized spacial score (nSPS) is 41.2. The van der Waals surface area contributed by atoms with Crippen molar-refractivity contribution in [3.8, 4) is 0 Å². The van der Waals surface area contributed by atoms with E-state index in [0.717, 1.165) is 0 Å². The lowest BCUT2D eigenvalue weighted by atomic mass is 9.47. The summed E-state index contributed by atoms with van der Waals surface area (Å²) < 4.78 is 16.5. The van der Waals surface area contributed by atoms with Gasteiger partial charge in [-0.05, 0) is 29.5 Å². The molecule has 1 aromatic rings. The van der Waals surface area contributed by atoms with Crippen LogP contribution in [0.2, 0.25) is 0 Å². The molecule has 0 spiro atoms. The number of hydrogen-bond acceptors (Lipinski definition) is 1. The Morgan fingerprint density at radius 2 is 2.15 bits per heavy atom. The van der Waals surface area contributed by atoms with Gasteiger partial charge >= 0.3 is 0 Å². The van der Waals surface area contributed by atoms with Gasteiger partial charge in [0.1, 0.15) is 5.67 Å². The molecule has 3 aliphatic carbocycles. The van der Waals surface area contributed by atoms with E-state index >= 15 is 0 Å². The van der Waals surface area contributed by atoms with Crippen molar-refractivity contribution in [1.82, 2.24) is 9.78 Å². The Balaban J connectivity index is 1.99. The van der Waals surface area contributed by atoms with Crippen molar-refractivity contribution in [3.63, 3.8) is 0 Å². The van der Waals surface area contributed by atoms with E-state index in [1.54, 1.807) is 0 Å². The van der Waals surface area contributed by atoms with Gasteiger partial charge in [-0.25, -0.2) is 4.39 Å². The van der Waals surface area contributed by atoms with Gasteiger partial charge in [-0.15, -0.1) is 0 Å². The van der Waals surface area contributed by atoms with E-state index in [0.29, 0.717) is 19.3 Å². The first-order valence-corrected chi connectivity index (χ1v) is 5.52. The lowest BCUT2D eigenvalue weighted by molar-refractivity contribution is -0.204. The van der Waals surface area contributed by atoms with Crippen LogP contribution in [-0.4, -0.2) is 15.4 Å². The molecule has 0 amide bonds. The standard InChI is InChI=1S/C9H10FIN2/c1-6-7(11)2-12-13(6)9-3-8(10,4-9)5-9/h2H,3-5H2,1H3. The molecular weight excluding hydrogens is 282 g/mol. The predicted octanol–water partition coefficient (Wildman–Crippen LogP) is 2.40. The van der Waals surface area contributed by atoms with Crippen LogP contribution < -0.4 is 0 Å². The third kappa shape index (κ3) is 0.851. The maximum absolute atomic E-state index is 13.3. The molecule has 0 atom stereocenters. The molecule has 0 N–H and O–H groups in total. The summed E-state index contributed by atoms with van der Waals surface area (Å²) in [5.41, 5.74) is 0.411. The molecule has 70 valence electrons. The molecule has 1 heterocycles. The van der Waals surface area contributed by atoms with Crippen molar-refractivity contribution in [2.45, 2.75) is 37.4 Å². The van der Waals surface area contributed by atoms with Crippen molar-refractivity contribution < 1.29 is 4.39 Å². The summed E-state index contributed by atoms with van der Waals surface area (Å²) in [7, 11) is 0. The fourth-order valence-corrected chi connectivity index (χ4v) is 3.06. The quantitative estimate of drug-likeness (QED) is 0.727. The van der Waals surface area contributed by atoms with Crippen molar-refractivity contribution in [3.05, 3.63) is 15.5 Å². The van der Waals surface area contributed by atoms with Gasteiger partial charge in [-0.2, -0.15) is 5.10 Å². The Morgan fingerprint density at radius 1 is 1.54 bits per heavy atom. The van der Waals surface area contributed by atoms with E-state index < -0.39 is 5.67 Å². The van der Waals surface area contributed by atoms with Crippen LogP contribution in [0.15, 0.2) is 6.20 Å². The smallest absolute Gasteiger partial charge is 0.118 e. The minimum atomic E-state index is -0.830. The fraction of sp³-hybridized carbons (Fsp3) is 0.667. The van der Waals surface area contributed by atoms with Gasteiger partial charge in [0.25, 0.3) is 0 Å². The van der Waals surface area contributed by atoms with Gasteiger partial charge in [0.15, 0.2) is 0 Å². The number of hydrogen-bond donors (Lipinski definition) is 0. The third-order valence-corrected chi connectivity index (χ3v) is 4.40. The highest BCUT2D eigenvalue weighted by atomic mass is 127. The minimum Gasteiger partial charge on any atom is -0.262 e. The highest BCUT2D eigenvalue weighted by molar-refractivity contribution is 14.1. The van der Waals surface area contributed by atoms with Crippen molar-refractivity contribution in [2.75, 3.05) is 0 Å². The number of halogens is 2. The molecule has 0 aliphatic heterocycles. The average Bonchev–Trinajstić information content (AvgIpc) is 2.26. The van der Waals surface area contributed by atoms with E-state index in [1.807, 2.05) is 10.9 Å². The molecule has 4 rings (SSSR count). The monoisotopic (exact) mass is 292 g/mol. The highest BCUT2D eigenvalue weighted by Crippen LogP contribution is 2.67. The summed E-state index contributed by atoms with van der Waals surface area (Å²) in [6.07, 6.45) is 3.90. The van der Waals surface area contributed by atoms with Crippen LogP contribution in [0.5, 0.6) is 0 Å². The van der Waals surface area contributed by atoms with Gasteiger partial charge in [0, 0.05) is 25.0 Å². The summed E-state index contributed by atoms with van der Waals surface area (Å²) in [4.78, 5) is 0. The molecule has 13 heavy (non-hydrogen) atoms. The van der Waals surface area contributed by atoms with Crippen LogP contribution in [0.25, 0.3) is 0 Å². The first-order chi connectivity index (χ1) is 6.05. The van der Waals surface area contributed by atoms with Gasteiger partial charge in [-0.1, -0.05) is 0 Å². The minimum absolute atomic E-state index is 0.0578.